The Hall–Kier alpha value is -1.39. The average Bonchev–Trinajstić information content (AvgIpc) is 2.23. The van der Waals surface area contributed by atoms with Crippen molar-refractivity contribution in [3.05, 3.63) is 0 Å². The molecule has 0 unspecified atom stereocenters. The van der Waals surface area contributed by atoms with Crippen molar-refractivity contribution < 1.29 is 79.3 Å². The summed E-state index contributed by atoms with van der Waals surface area (Å²) in [6.07, 6.45) is 0. The van der Waals surface area contributed by atoms with Gasteiger partial charge in [0.05, 0.1) is 24.5 Å². The number of hydrogen-bond donors (Lipinski definition) is 1. The van der Waals surface area contributed by atoms with Crippen molar-refractivity contribution in [3.8, 4) is 0 Å². The first-order chi connectivity index (χ1) is 8.85. The molecule has 0 heterocycles. The molecular weight excluding hydrogens is 396 g/mol. The summed E-state index contributed by atoms with van der Waals surface area (Å²) in [7, 11) is 0. The van der Waals surface area contributed by atoms with Gasteiger partial charge in [0.1, 0.15) is 0 Å². The van der Waals surface area contributed by atoms with Crippen molar-refractivity contribution in [2.24, 2.45) is 0 Å². The molecule has 0 saturated heterocycles. The molecule has 0 aromatic heterocycles. The zero-order valence-electron chi connectivity index (χ0n) is 13.1. The Kier molecular flexibility index (Phi) is 43.5. The van der Waals surface area contributed by atoms with Gasteiger partial charge in [-0.1, -0.05) is 0 Å². The number of aliphatic carboxylic acids is 3. The zero-order chi connectivity index (χ0) is 14.8. The number of carbonyl (C=O) groups is 3. The van der Waals surface area contributed by atoms with Crippen LogP contribution in [0.4, 0.5) is 0 Å². The van der Waals surface area contributed by atoms with Gasteiger partial charge in [-0.3, -0.25) is 9.80 Å². The topological polar surface area (TPSA) is 305 Å². The maximum Gasteiger partial charge on any atom is 3.00 e. The standard InChI is InChI=1S/C10H18N2O7.Fe.5H2O/c13-4-3-11(5-8(14)15)1-2-12(6-9(16)17)7-10(18)19;;;;;;/h13H,1-7H2,(H,14,15)(H,16,17)(H,18,19);;5*1H2/q;+3;;;;;/p-3. The van der Waals surface area contributed by atoms with Gasteiger partial charge < -0.3 is 62.2 Å². The monoisotopic (exact) mass is 421 g/mol. The third kappa shape index (κ3) is 27.7. The molecule has 0 bridgehead atoms. The molecule has 0 amide bonds. The predicted molar refractivity (Wildman–Crippen MR) is 73.1 cm³/mol. The molecule has 155 valence electrons. The number of rotatable bonds is 11. The maximum atomic E-state index is 10.4. The van der Waals surface area contributed by atoms with Crippen LogP contribution in [0.5, 0.6) is 0 Å². The minimum Gasteiger partial charge on any atom is -0.549 e. The van der Waals surface area contributed by atoms with E-state index in [-0.39, 0.29) is 70.7 Å². The molecule has 15 heteroatoms. The first-order valence-corrected chi connectivity index (χ1v) is 5.50. The van der Waals surface area contributed by atoms with E-state index in [0.29, 0.717) is 0 Å². The number of carboxylic acid groups (broad SMARTS) is 3. The van der Waals surface area contributed by atoms with E-state index in [9.17, 15) is 29.7 Å². The summed E-state index contributed by atoms with van der Waals surface area (Å²) in [4.78, 5) is 33.6. The van der Waals surface area contributed by atoms with Crippen molar-refractivity contribution in [2.75, 3.05) is 45.9 Å². The molecule has 0 aliphatic rings. The molecular formula is C10H25FeN2O12. The van der Waals surface area contributed by atoms with Crippen LogP contribution in [0.15, 0.2) is 0 Å². The minimum absolute atomic E-state index is 0. The third-order valence-corrected chi connectivity index (χ3v) is 2.21. The summed E-state index contributed by atoms with van der Waals surface area (Å²) in [5.41, 5.74) is 0. The van der Waals surface area contributed by atoms with Gasteiger partial charge in [-0.2, -0.15) is 0 Å². The second-order valence-corrected chi connectivity index (χ2v) is 3.83. The van der Waals surface area contributed by atoms with Crippen molar-refractivity contribution >= 4 is 17.9 Å². The molecule has 0 spiro atoms. The van der Waals surface area contributed by atoms with Crippen LogP contribution >= 0.6 is 0 Å². The fourth-order valence-electron chi connectivity index (χ4n) is 1.46. The molecule has 0 aliphatic heterocycles. The van der Waals surface area contributed by atoms with Crippen molar-refractivity contribution in [1.29, 1.82) is 0 Å². The van der Waals surface area contributed by atoms with Crippen LogP contribution in [0.25, 0.3) is 0 Å². The van der Waals surface area contributed by atoms with E-state index in [0.717, 1.165) is 4.90 Å². The first-order valence-electron chi connectivity index (χ1n) is 5.50. The summed E-state index contributed by atoms with van der Waals surface area (Å²) in [6.45, 7) is -1.83. The van der Waals surface area contributed by atoms with E-state index >= 15 is 0 Å². The Morgan fingerprint density at radius 1 is 0.640 bits per heavy atom. The second-order valence-electron chi connectivity index (χ2n) is 3.83. The molecule has 0 aromatic rings. The van der Waals surface area contributed by atoms with Gasteiger partial charge in [0.25, 0.3) is 0 Å². The van der Waals surface area contributed by atoms with Crippen LogP contribution in [0.2, 0.25) is 0 Å². The molecule has 0 fully saturated rings. The van der Waals surface area contributed by atoms with Gasteiger partial charge in [0.15, 0.2) is 0 Å². The molecule has 11 N–H and O–H groups in total. The normalized spacial score (nSPS) is 8.28. The van der Waals surface area contributed by atoms with Gasteiger partial charge >= 0.3 is 17.1 Å². The van der Waals surface area contributed by atoms with Crippen molar-refractivity contribution in [1.82, 2.24) is 9.80 Å². The molecule has 14 nitrogen and oxygen atoms in total. The zero-order valence-corrected chi connectivity index (χ0v) is 14.2. The van der Waals surface area contributed by atoms with Gasteiger partial charge in [-0.05, 0) is 0 Å². The van der Waals surface area contributed by atoms with Crippen LogP contribution < -0.4 is 15.3 Å². The van der Waals surface area contributed by atoms with Crippen LogP contribution in [0.3, 0.4) is 0 Å². The third-order valence-electron chi connectivity index (χ3n) is 2.21. The average molecular weight is 421 g/mol. The number of carbonyl (C=O) groups excluding carboxylic acids is 3. The summed E-state index contributed by atoms with van der Waals surface area (Å²) in [5.74, 6) is -4.25. The van der Waals surface area contributed by atoms with E-state index in [1.165, 1.54) is 4.90 Å². The molecule has 25 heavy (non-hydrogen) atoms. The number of aliphatic hydroxyl groups excluding tert-OH is 1. The van der Waals surface area contributed by atoms with E-state index in [1.807, 2.05) is 0 Å². The largest absolute Gasteiger partial charge is 3.00 e. The fourth-order valence-corrected chi connectivity index (χ4v) is 1.46. The molecule has 0 aliphatic carbocycles. The van der Waals surface area contributed by atoms with Gasteiger partial charge in [-0.15, -0.1) is 0 Å². The van der Waals surface area contributed by atoms with E-state index in [2.05, 4.69) is 0 Å². The second kappa shape index (κ2) is 24.9. The van der Waals surface area contributed by atoms with Crippen LogP contribution in [0, 0.1) is 0 Å². The number of carboxylic acids is 3. The molecule has 0 rings (SSSR count). The van der Waals surface area contributed by atoms with Gasteiger partial charge in [0.2, 0.25) is 0 Å². The Morgan fingerprint density at radius 3 is 1.20 bits per heavy atom. The Labute approximate surface area is 153 Å². The SMILES string of the molecule is O.O.O.O.O.O=C([O-])CN(CCO)CCN(CC(=O)[O-])CC(=O)[O-].[Fe+3]. The van der Waals surface area contributed by atoms with E-state index in [1.54, 1.807) is 0 Å². The van der Waals surface area contributed by atoms with E-state index < -0.39 is 37.5 Å². The number of hydrogen-bond acceptors (Lipinski definition) is 9. The van der Waals surface area contributed by atoms with Gasteiger partial charge in [0, 0.05) is 39.3 Å². The predicted octanol–water partition coefficient (Wildman–Crippen LogP) is -10.3. The minimum atomic E-state index is -1.45. The Bertz CT molecular complexity index is 317. The summed E-state index contributed by atoms with van der Waals surface area (Å²) in [5, 5.41) is 40.0. The van der Waals surface area contributed by atoms with Crippen LogP contribution in [-0.4, -0.2) is 106 Å². The molecule has 0 saturated carbocycles. The molecule has 1 radical (unpaired) electrons. The molecule has 0 atom stereocenters. The van der Waals surface area contributed by atoms with Gasteiger partial charge in [-0.25, -0.2) is 0 Å². The Morgan fingerprint density at radius 2 is 0.920 bits per heavy atom. The Balaban J connectivity index is -0.000000108. The quantitative estimate of drug-likeness (QED) is 0.309. The first kappa shape index (κ1) is 43.7. The molecule has 0 aromatic carbocycles. The smallest absolute Gasteiger partial charge is 0.549 e. The number of aliphatic hydroxyl groups is 1. The van der Waals surface area contributed by atoms with Crippen LogP contribution in [0.1, 0.15) is 0 Å². The fraction of sp³-hybridized carbons (Fsp3) is 0.700. The van der Waals surface area contributed by atoms with Crippen molar-refractivity contribution in [3.63, 3.8) is 0 Å². The summed E-state index contributed by atoms with van der Waals surface area (Å²) >= 11 is 0. The summed E-state index contributed by atoms with van der Waals surface area (Å²) in [6, 6.07) is 0. The maximum absolute atomic E-state index is 10.4. The van der Waals surface area contributed by atoms with Crippen LogP contribution in [-0.2, 0) is 31.5 Å². The summed E-state index contributed by atoms with van der Waals surface area (Å²) < 4.78 is 0. The van der Waals surface area contributed by atoms with E-state index in [4.69, 9.17) is 5.11 Å². The van der Waals surface area contributed by atoms with Crippen molar-refractivity contribution in [2.45, 2.75) is 0 Å². The number of nitrogens with zero attached hydrogens (tertiary/aromatic N) is 2.